The fourth-order valence-corrected chi connectivity index (χ4v) is 3.06. The molecule has 1 atom stereocenters. The van der Waals surface area contributed by atoms with Gasteiger partial charge in [-0.25, -0.2) is 9.75 Å². The first-order valence-electron chi connectivity index (χ1n) is 9.18. The molecule has 12 heteroatoms. The molecule has 0 spiro atoms. The van der Waals surface area contributed by atoms with Gasteiger partial charge in [0.1, 0.15) is 6.04 Å². The highest BCUT2D eigenvalue weighted by Crippen LogP contribution is 2.30. The van der Waals surface area contributed by atoms with Gasteiger partial charge >= 0.3 is 5.97 Å². The maximum atomic E-state index is 11.7. The average Bonchev–Trinajstić information content (AvgIpc) is 3.10. The van der Waals surface area contributed by atoms with Crippen molar-refractivity contribution in [2.75, 3.05) is 25.1 Å². The molecule has 1 unspecified atom stereocenters. The lowest BCUT2D eigenvalue weighted by atomic mass is 10.2. The van der Waals surface area contributed by atoms with E-state index in [1.807, 2.05) is 20.8 Å². The first kappa shape index (κ1) is 22.7. The lowest BCUT2D eigenvalue weighted by molar-refractivity contribution is -0.284. The summed E-state index contributed by atoms with van der Waals surface area (Å²) in [6, 6.07) is 4.20. The Hall–Kier alpha value is -1.95. The van der Waals surface area contributed by atoms with Crippen molar-refractivity contribution in [3.05, 3.63) is 34.6 Å². The van der Waals surface area contributed by atoms with Gasteiger partial charge in [-0.3, -0.25) is 14.5 Å². The number of aromatic nitrogens is 3. The molecule has 1 N–H and O–H groups in total. The van der Waals surface area contributed by atoms with Crippen molar-refractivity contribution < 1.29 is 24.3 Å². The molecule has 0 bridgehead atoms. The quantitative estimate of drug-likeness (QED) is 0.668. The second-order valence-electron chi connectivity index (χ2n) is 7.53. The summed E-state index contributed by atoms with van der Waals surface area (Å²) in [4.78, 5) is 23.1. The Morgan fingerprint density at radius 2 is 2.03 bits per heavy atom. The van der Waals surface area contributed by atoms with Gasteiger partial charge in [-0.05, 0) is 45.4 Å². The third-order valence-electron chi connectivity index (χ3n) is 4.16. The third kappa shape index (κ3) is 5.81. The standard InChI is InChI=1S/C18H23Cl2N5O5/c1-18(2,3)28-7-6-14(17(26)27)24-10-30-25(11-29-24)15-8-12(19)4-5-13(15)23-9-16(20)21-22-23/h4-5,8-9,14H,6-7,10-11H2,1-3H3,(H,26,27). The van der Waals surface area contributed by atoms with Crippen LogP contribution in [0.25, 0.3) is 5.69 Å². The molecule has 1 aliphatic rings. The summed E-state index contributed by atoms with van der Waals surface area (Å²) in [5, 5.41) is 20.8. The summed E-state index contributed by atoms with van der Waals surface area (Å²) in [6.45, 7) is 5.84. The van der Waals surface area contributed by atoms with Crippen LogP contribution < -0.4 is 5.06 Å². The number of ether oxygens (including phenoxy) is 1. The molecule has 0 amide bonds. The minimum atomic E-state index is -1.02. The monoisotopic (exact) mass is 459 g/mol. The highest BCUT2D eigenvalue weighted by atomic mass is 35.5. The molecule has 0 aliphatic carbocycles. The van der Waals surface area contributed by atoms with Crippen LogP contribution in [0.1, 0.15) is 27.2 Å². The van der Waals surface area contributed by atoms with Gasteiger partial charge in [-0.2, -0.15) is 0 Å². The minimum absolute atomic E-state index is 0.0559. The maximum Gasteiger partial charge on any atom is 0.323 e. The Kier molecular flexibility index (Phi) is 7.17. The van der Waals surface area contributed by atoms with Crippen molar-refractivity contribution in [2.24, 2.45) is 0 Å². The molecule has 0 saturated carbocycles. The van der Waals surface area contributed by atoms with Gasteiger partial charge in [-0.15, -0.1) is 10.2 Å². The number of carbonyl (C=O) groups is 1. The van der Waals surface area contributed by atoms with Crippen LogP contribution in [0.5, 0.6) is 0 Å². The van der Waals surface area contributed by atoms with Crippen molar-refractivity contribution in [1.29, 1.82) is 0 Å². The van der Waals surface area contributed by atoms with Crippen LogP contribution >= 0.6 is 23.2 Å². The maximum absolute atomic E-state index is 11.7. The first-order valence-corrected chi connectivity index (χ1v) is 9.94. The van der Waals surface area contributed by atoms with Crippen LogP contribution in [0.2, 0.25) is 10.2 Å². The number of carboxylic acids is 1. The van der Waals surface area contributed by atoms with E-state index in [9.17, 15) is 9.90 Å². The number of benzene rings is 1. The van der Waals surface area contributed by atoms with Crippen LogP contribution in [0.3, 0.4) is 0 Å². The fourth-order valence-electron chi connectivity index (χ4n) is 2.77. The molecule has 164 valence electrons. The summed E-state index contributed by atoms with van der Waals surface area (Å²) in [5.41, 5.74) is 0.822. The third-order valence-corrected chi connectivity index (χ3v) is 4.57. The summed E-state index contributed by atoms with van der Waals surface area (Å²) < 4.78 is 7.11. The van der Waals surface area contributed by atoms with E-state index >= 15 is 0 Å². The van der Waals surface area contributed by atoms with Gasteiger partial charge < -0.3 is 9.84 Å². The lowest BCUT2D eigenvalue weighted by Crippen LogP contribution is -2.51. The van der Waals surface area contributed by atoms with E-state index in [1.165, 1.54) is 14.8 Å². The van der Waals surface area contributed by atoms with E-state index in [0.717, 1.165) is 0 Å². The van der Waals surface area contributed by atoms with Gasteiger partial charge in [0.2, 0.25) is 0 Å². The lowest BCUT2D eigenvalue weighted by Gasteiger charge is -2.37. The predicted octanol–water partition coefficient (Wildman–Crippen LogP) is 3.13. The zero-order valence-electron chi connectivity index (χ0n) is 16.8. The number of hydroxylamine groups is 3. The molecule has 2 aromatic rings. The first-order chi connectivity index (χ1) is 14.1. The van der Waals surface area contributed by atoms with Gasteiger partial charge in [-0.1, -0.05) is 28.4 Å². The van der Waals surface area contributed by atoms with Crippen LogP contribution in [0.4, 0.5) is 5.69 Å². The summed E-state index contributed by atoms with van der Waals surface area (Å²) in [6.07, 6.45) is 1.79. The van der Waals surface area contributed by atoms with Crippen molar-refractivity contribution in [3.8, 4) is 5.69 Å². The summed E-state index contributed by atoms with van der Waals surface area (Å²) >= 11 is 12.0. The van der Waals surface area contributed by atoms with Gasteiger partial charge in [0.05, 0.1) is 23.2 Å². The molecule has 2 heterocycles. The largest absolute Gasteiger partial charge is 0.480 e. The normalized spacial score (nSPS) is 16.6. The predicted molar refractivity (Wildman–Crippen MR) is 109 cm³/mol. The molecule has 30 heavy (non-hydrogen) atoms. The molecule has 3 rings (SSSR count). The van der Waals surface area contributed by atoms with Crippen molar-refractivity contribution in [1.82, 2.24) is 20.1 Å². The second kappa shape index (κ2) is 9.46. The Morgan fingerprint density at radius 3 is 2.60 bits per heavy atom. The molecule has 1 fully saturated rings. The molecular formula is C18H23Cl2N5O5. The summed E-state index contributed by atoms with van der Waals surface area (Å²) in [5.74, 6) is -1.02. The number of nitrogens with zero attached hydrogens (tertiary/aromatic N) is 5. The number of hydrogen-bond acceptors (Lipinski definition) is 8. The molecule has 1 aromatic carbocycles. The zero-order chi connectivity index (χ0) is 21.9. The number of carboxylic acid groups (broad SMARTS) is 1. The smallest absolute Gasteiger partial charge is 0.323 e. The topological polar surface area (TPSA) is 102 Å². The second-order valence-corrected chi connectivity index (χ2v) is 8.36. The fraction of sp³-hybridized carbons (Fsp3) is 0.500. The molecule has 0 radical (unpaired) electrons. The van der Waals surface area contributed by atoms with E-state index in [4.69, 9.17) is 37.6 Å². The van der Waals surface area contributed by atoms with E-state index < -0.39 is 12.0 Å². The van der Waals surface area contributed by atoms with E-state index in [2.05, 4.69) is 10.3 Å². The zero-order valence-corrected chi connectivity index (χ0v) is 18.3. The number of anilines is 1. The Labute approximate surface area is 183 Å². The van der Waals surface area contributed by atoms with Crippen LogP contribution in [-0.2, 0) is 19.2 Å². The van der Waals surface area contributed by atoms with Gasteiger partial charge in [0.25, 0.3) is 0 Å². The van der Waals surface area contributed by atoms with Crippen LogP contribution in [0, 0.1) is 0 Å². The molecule has 1 aromatic heterocycles. The van der Waals surface area contributed by atoms with Crippen LogP contribution in [-0.4, -0.2) is 62.8 Å². The molecule has 1 aliphatic heterocycles. The van der Waals surface area contributed by atoms with E-state index in [0.29, 0.717) is 16.4 Å². The van der Waals surface area contributed by atoms with Crippen molar-refractivity contribution in [2.45, 2.75) is 38.8 Å². The Balaban J connectivity index is 1.69. The van der Waals surface area contributed by atoms with Gasteiger partial charge in [0.15, 0.2) is 18.6 Å². The van der Waals surface area contributed by atoms with E-state index in [1.54, 1.807) is 24.4 Å². The summed E-state index contributed by atoms with van der Waals surface area (Å²) in [7, 11) is 0. The average molecular weight is 460 g/mol. The van der Waals surface area contributed by atoms with Crippen molar-refractivity contribution in [3.63, 3.8) is 0 Å². The number of halogens is 2. The number of hydrogen-bond donors (Lipinski definition) is 1. The van der Waals surface area contributed by atoms with Gasteiger partial charge in [0, 0.05) is 11.6 Å². The minimum Gasteiger partial charge on any atom is -0.480 e. The Morgan fingerprint density at radius 1 is 1.27 bits per heavy atom. The van der Waals surface area contributed by atoms with Crippen LogP contribution in [0.15, 0.2) is 24.4 Å². The molecule has 1 saturated heterocycles. The SMILES string of the molecule is CC(C)(C)OCCC(C(=O)O)N1CON(c2cc(Cl)ccc2-n2cc(Cl)nn2)CO1. The Bertz CT molecular complexity index is 880. The highest BCUT2D eigenvalue weighted by molar-refractivity contribution is 6.31. The van der Waals surface area contributed by atoms with E-state index in [-0.39, 0.29) is 37.2 Å². The molecular weight excluding hydrogens is 437 g/mol. The number of rotatable bonds is 7. The molecule has 10 nitrogen and oxygen atoms in total. The highest BCUT2D eigenvalue weighted by Gasteiger charge is 2.32. The van der Waals surface area contributed by atoms with Crippen molar-refractivity contribution >= 4 is 34.9 Å². The number of aliphatic carboxylic acids is 1.